The van der Waals surface area contributed by atoms with E-state index in [9.17, 15) is 4.79 Å². The van der Waals surface area contributed by atoms with Crippen LogP contribution in [0.3, 0.4) is 0 Å². The van der Waals surface area contributed by atoms with E-state index in [1.165, 1.54) is 0 Å². The second kappa shape index (κ2) is 7.31. The van der Waals surface area contributed by atoms with Gasteiger partial charge in [-0.15, -0.1) is 0 Å². The van der Waals surface area contributed by atoms with Crippen LogP contribution in [0.1, 0.15) is 5.56 Å². The molecule has 0 unspecified atom stereocenters. The van der Waals surface area contributed by atoms with Gasteiger partial charge in [-0.1, -0.05) is 30.3 Å². The van der Waals surface area contributed by atoms with E-state index in [-0.39, 0.29) is 12.5 Å². The number of rotatable bonds is 6. The first-order valence-electron chi connectivity index (χ1n) is 6.46. The van der Waals surface area contributed by atoms with Crippen LogP contribution in [-0.4, -0.2) is 19.6 Å². The van der Waals surface area contributed by atoms with Gasteiger partial charge in [0.25, 0.3) is 0 Å². The zero-order valence-corrected chi connectivity index (χ0v) is 11.4. The van der Waals surface area contributed by atoms with Crippen molar-refractivity contribution in [3.63, 3.8) is 0 Å². The van der Waals surface area contributed by atoms with E-state index >= 15 is 0 Å². The quantitative estimate of drug-likeness (QED) is 0.847. The number of amides is 1. The van der Waals surface area contributed by atoms with E-state index in [2.05, 4.69) is 10.6 Å². The number of benzene rings is 2. The summed E-state index contributed by atoms with van der Waals surface area (Å²) in [5.74, 6) is 0.778. The molecule has 0 aliphatic carbocycles. The zero-order valence-electron chi connectivity index (χ0n) is 11.4. The zero-order chi connectivity index (χ0) is 14.2. The average Bonchev–Trinajstić information content (AvgIpc) is 2.49. The molecule has 4 heteroatoms. The SMILES string of the molecule is COc1ccc(CNCC(=O)Nc2ccccc2)cc1. The summed E-state index contributed by atoms with van der Waals surface area (Å²) in [4.78, 5) is 11.7. The van der Waals surface area contributed by atoms with E-state index < -0.39 is 0 Å². The molecule has 2 rings (SSSR count). The lowest BCUT2D eigenvalue weighted by molar-refractivity contribution is -0.115. The summed E-state index contributed by atoms with van der Waals surface area (Å²) in [6.45, 7) is 0.924. The van der Waals surface area contributed by atoms with Crippen molar-refractivity contribution in [3.05, 3.63) is 60.2 Å². The molecule has 0 bridgehead atoms. The van der Waals surface area contributed by atoms with Crippen molar-refractivity contribution in [1.82, 2.24) is 5.32 Å². The van der Waals surface area contributed by atoms with Gasteiger partial charge < -0.3 is 15.4 Å². The molecule has 4 nitrogen and oxygen atoms in total. The van der Waals surface area contributed by atoms with Gasteiger partial charge in [-0.3, -0.25) is 4.79 Å². The fraction of sp³-hybridized carbons (Fsp3) is 0.188. The van der Waals surface area contributed by atoms with Crippen LogP contribution in [0, 0.1) is 0 Å². The number of carbonyl (C=O) groups is 1. The number of hydrogen-bond acceptors (Lipinski definition) is 3. The molecule has 0 saturated heterocycles. The lowest BCUT2D eigenvalue weighted by Crippen LogP contribution is -2.27. The first-order valence-corrected chi connectivity index (χ1v) is 6.46. The minimum absolute atomic E-state index is 0.0512. The Kier molecular flexibility index (Phi) is 5.15. The van der Waals surface area contributed by atoms with Gasteiger partial charge in [0.2, 0.25) is 5.91 Å². The van der Waals surface area contributed by atoms with Crippen molar-refractivity contribution in [1.29, 1.82) is 0 Å². The molecule has 0 aliphatic heterocycles. The van der Waals surface area contributed by atoms with Crippen LogP contribution in [0.2, 0.25) is 0 Å². The number of hydrogen-bond donors (Lipinski definition) is 2. The third-order valence-electron chi connectivity index (χ3n) is 2.83. The molecule has 2 N–H and O–H groups in total. The Labute approximate surface area is 118 Å². The Balaban J connectivity index is 1.73. The number of carbonyl (C=O) groups excluding carboxylic acids is 1. The molecule has 0 heterocycles. The molecule has 0 saturated carbocycles. The molecule has 0 spiro atoms. The summed E-state index contributed by atoms with van der Waals surface area (Å²) in [5, 5.41) is 5.93. The van der Waals surface area contributed by atoms with Gasteiger partial charge in [0.15, 0.2) is 0 Å². The van der Waals surface area contributed by atoms with Crippen molar-refractivity contribution in [2.45, 2.75) is 6.54 Å². The highest BCUT2D eigenvalue weighted by Crippen LogP contribution is 2.10. The maximum absolute atomic E-state index is 11.7. The van der Waals surface area contributed by atoms with Crippen LogP contribution in [0.25, 0.3) is 0 Å². The van der Waals surface area contributed by atoms with Gasteiger partial charge in [-0.25, -0.2) is 0 Å². The summed E-state index contributed by atoms with van der Waals surface area (Å²) in [6.07, 6.45) is 0. The fourth-order valence-electron chi connectivity index (χ4n) is 1.79. The van der Waals surface area contributed by atoms with Gasteiger partial charge in [-0.05, 0) is 29.8 Å². The summed E-state index contributed by atoms with van der Waals surface area (Å²) in [6, 6.07) is 17.2. The molecule has 0 radical (unpaired) electrons. The summed E-state index contributed by atoms with van der Waals surface area (Å²) < 4.78 is 5.09. The molecule has 2 aromatic carbocycles. The molecule has 104 valence electrons. The van der Waals surface area contributed by atoms with E-state index in [0.717, 1.165) is 17.0 Å². The Bertz CT molecular complexity index is 538. The number of methoxy groups -OCH3 is 1. The normalized spacial score (nSPS) is 10.1. The molecule has 0 aliphatic rings. The molecular weight excluding hydrogens is 252 g/mol. The Hall–Kier alpha value is -2.33. The highest BCUT2D eigenvalue weighted by atomic mass is 16.5. The highest BCUT2D eigenvalue weighted by Gasteiger charge is 2.01. The summed E-state index contributed by atoms with van der Waals surface area (Å²) in [7, 11) is 1.64. The maximum Gasteiger partial charge on any atom is 0.238 e. The third-order valence-corrected chi connectivity index (χ3v) is 2.83. The minimum Gasteiger partial charge on any atom is -0.497 e. The van der Waals surface area contributed by atoms with Crippen LogP contribution >= 0.6 is 0 Å². The lowest BCUT2D eigenvalue weighted by Gasteiger charge is -2.07. The van der Waals surface area contributed by atoms with Crippen molar-refractivity contribution < 1.29 is 9.53 Å². The van der Waals surface area contributed by atoms with Crippen LogP contribution < -0.4 is 15.4 Å². The molecule has 0 fully saturated rings. The van der Waals surface area contributed by atoms with Crippen molar-refractivity contribution in [2.75, 3.05) is 19.0 Å². The molecule has 20 heavy (non-hydrogen) atoms. The monoisotopic (exact) mass is 270 g/mol. The third kappa shape index (κ3) is 4.40. The van der Waals surface area contributed by atoms with Gasteiger partial charge in [0.1, 0.15) is 5.75 Å². The number of nitrogens with one attached hydrogen (secondary N) is 2. The molecular formula is C16H18N2O2. The van der Waals surface area contributed by atoms with Crippen molar-refractivity contribution in [2.24, 2.45) is 0 Å². The highest BCUT2D eigenvalue weighted by molar-refractivity contribution is 5.92. The first kappa shape index (κ1) is 14.1. The Morgan fingerprint density at radius 3 is 2.40 bits per heavy atom. The summed E-state index contributed by atoms with van der Waals surface area (Å²) in [5.41, 5.74) is 1.92. The molecule has 0 atom stereocenters. The Morgan fingerprint density at radius 1 is 1.05 bits per heavy atom. The largest absolute Gasteiger partial charge is 0.497 e. The summed E-state index contributed by atoms with van der Waals surface area (Å²) >= 11 is 0. The topological polar surface area (TPSA) is 50.4 Å². The fourth-order valence-corrected chi connectivity index (χ4v) is 1.79. The van der Waals surface area contributed by atoms with Crippen molar-refractivity contribution in [3.8, 4) is 5.75 Å². The van der Waals surface area contributed by atoms with Gasteiger partial charge in [0.05, 0.1) is 13.7 Å². The minimum atomic E-state index is -0.0512. The van der Waals surface area contributed by atoms with Crippen LogP contribution in [-0.2, 0) is 11.3 Å². The molecule has 1 amide bonds. The predicted octanol–water partition coefficient (Wildman–Crippen LogP) is 2.42. The maximum atomic E-state index is 11.7. The van der Waals surface area contributed by atoms with E-state index in [1.807, 2.05) is 54.6 Å². The van der Waals surface area contributed by atoms with Gasteiger partial charge in [-0.2, -0.15) is 0 Å². The molecule has 0 aromatic heterocycles. The second-order valence-electron chi connectivity index (χ2n) is 4.37. The van der Waals surface area contributed by atoms with Crippen molar-refractivity contribution >= 4 is 11.6 Å². The van der Waals surface area contributed by atoms with Gasteiger partial charge >= 0.3 is 0 Å². The van der Waals surface area contributed by atoms with E-state index in [4.69, 9.17) is 4.74 Å². The smallest absolute Gasteiger partial charge is 0.238 e. The lowest BCUT2D eigenvalue weighted by atomic mass is 10.2. The first-order chi connectivity index (χ1) is 9.78. The predicted molar refractivity (Wildman–Crippen MR) is 79.8 cm³/mol. The number of para-hydroxylation sites is 1. The average molecular weight is 270 g/mol. The second-order valence-corrected chi connectivity index (χ2v) is 4.37. The molecule has 2 aromatic rings. The van der Waals surface area contributed by atoms with Crippen LogP contribution in [0.15, 0.2) is 54.6 Å². The van der Waals surface area contributed by atoms with E-state index in [1.54, 1.807) is 7.11 Å². The number of anilines is 1. The standard InChI is InChI=1S/C16H18N2O2/c1-20-15-9-7-13(8-10-15)11-17-12-16(19)18-14-5-3-2-4-6-14/h2-10,17H,11-12H2,1H3,(H,18,19). The van der Waals surface area contributed by atoms with Gasteiger partial charge in [0, 0.05) is 12.2 Å². The van der Waals surface area contributed by atoms with Crippen LogP contribution in [0.4, 0.5) is 5.69 Å². The van der Waals surface area contributed by atoms with Crippen LogP contribution in [0.5, 0.6) is 5.75 Å². The Morgan fingerprint density at radius 2 is 1.75 bits per heavy atom. The number of ether oxygens (including phenoxy) is 1. The van der Waals surface area contributed by atoms with E-state index in [0.29, 0.717) is 6.54 Å².